The van der Waals surface area contributed by atoms with Crippen molar-refractivity contribution in [2.24, 2.45) is 5.92 Å². The van der Waals surface area contributed by atoms with Crippen molar-refractivity contribution in [2.75, 3.05) is 20.1 Å². The third-order valence-electron chi connectivity index (χ3n) is 3.79. The Hall–Kier alpha value is -0.820. The van der Waals surface area contributed by atoms with Gasteiger partial charge in [0.1, 0.15) is 0 Å². The molecule has 0 spiro atoms. The van der Waals surface area contributed by atoms with E-state index in [0.717, 1.165) is 12.3 Å². The molecular weight excluding hydrogens is 194 g/mol. The van der Waals surface area contributed by atoms with E-state index in [2.05, 4.69) is 43.1 Å². The van der Waals surface area contributed by atoms with E-state index >= 15 is 0 Å². The molecule has 1 aliphatic heterocycles. The fourth-order valence-corrected chi connectivity index (χ4v) is 2.51. The van der Waals surface area contributed by atoms with Crippen LogP contribution < -0.4 is 0 Å². The van der Waals surface area contributed by atoms with Gasteiger partial charge in [0.05, 0.1) is 0 Å². The topological polar surface area (TPSA) is 3.24 Å². The van der Waals surface area contributed by atoms with Crippen molar-refractivity contribution < 1.29 is 0 Å². The van der Waals surface area contributed by atoms with Gasteiger partial charge in [-0.1, -0.05) is 31.2 Å². The lowest BCUT2D eigenvalue weighted by molar-refractivity contribution is 0.219. The summed E-state index contributed by atoms with van der Waals surface area (Å²) in [6.07, 6.45) is 5.16. The smallest absolute Gasteiger partial charge is 0.00190 e. The second-order valence-corrected chi connectivity index (χ2v) is 5.12. The van der Waals surface area contributed by atoms with Gasteiger partial charge >= 0.3 is 0 Å². The highest BCUT2D eigenvalue weighted by molar-refractivity contribution is 5.22. The average Bonchev–Trinajstić information content (AvgIpc) is 2.33. The predicted molar refractivity (Wildman–Crippen MR) is 69.7 cm³/mol. The molecule has 1 fully saturated rings. The molecule has 0 aromatic heterocycles. The Labute approximate surface area is 99.5 Å². The monoisotopic (exact) mass is 217 g/mol. The molecule has 0 aliphatic carbocycles. The maximum absolute atomic E-state index is 2.44. The van der Waals surface area contributed by atoms with Crippen molar-refractivity contribution in [3.8, 4) is 0 Å². The first-order valence-corrected chi connectivity index (χ1v) is 6.54. The number of hydrogen-bond donors (Lipinski definition) is 0. The molecule has 0 saturated carbocycles. The molecule has 1 aliphatic rings. The Morgan fingerprint density at radius 3 is 2.19 bits per heavy atom. The van der Waals surface area contributed by atoms with Crippen LogP contribution in [-0.2, 0) is 12.8 Å². The van der Waals surface area contributed by atoms with Crippen LogP contribution in [0.5, 0.6) is 0 Å². The van der Waals surface area contributed by atoms with Gasteiger partial charge in [-0.25, -0.2) is 0 Å². The predicted octanol–water partition coefficient (Wildman–Crippen LogP) is 3.13. The molecule has 0 unspecified atom stereocenters. The summed E-state index contributed by atoms with van der Waals surface area (Å²) >= 11 is 0. The highest BCUT2D eigenvalue weighted by atomic mass is 15.1. The Balaban J connectivity index is 1.88. The van der Waals surface area contributed by atoms with Crippen LogP contribution in [0.2, 0.25) is 0 Å². The van der Waals surface area contributed by atoms with E-state index in [0.29, 0.717) is 0 Å². The molecule has 0 radical (unpaired) electrons. The molecule has 2 rings (SSSR count). The van der Waals surface area contributed by atoms with Crippen molar-refractivity contribution in [1.29, 1.82) is 0 Å². The zero-order chi connectivity index (χ0) is 11.4. The van der Waals surface area contributed by atoms with E-state index in [9.17, 15) is 0 Å². The summed E-state index contributed by atoms with van der Waals surface area (Å²) in [7, 11) is 2.23. The summed E-state index contributed by atoms with van der Waals surface area (Å²) in [5.74, 6) is 0.906. The van der Waals surface area contributed by atoms with Gasteiger partial charge in [0, 0.05) is 0 Å². The van der Waals surface area contributed by atoms with E-state index in [1.54, 1.807) is 0 Å². The van der Waals surface area contributed by atoms with Gasteiger partial charge in [-0.3, -0.25) is 0 Å². The standard InChI is InChI=1S/C15H23N/c1-3-13-4-6-14(7-5-13)12-15-8-10-16(2)11-9-15/h4-7,15H,3,8-12H2,1-2H3. The van der Waals surface area contributed by atoms with Crippen molar-refractivity contribution in [2.45, 2.75) is 32.6 Å². The second kappa shape index (κ2) is 5.49. The highest BCUT2D eigenvalue weighted by Gasteiger charge is 2.16. The van der Waals surface area contributed by atoms with Crippen LogP contribution in [0.1, 0.15) is 30.9 Å². The fourth-order valence-electron chi connectivity index (χ4n) is 2.51. The van der Waals surface area contributed by atoms with E-state index in [4.69, 9.17) is 0 Å². The number of piperidine rings is 1. The number of benzene rings is 1. The number of rotatable bonds is 3. The molecular formula is C15H23N. The van der Waals surface area contributed by atoms with Crippen molar-refractivity contribution in [1.82, 2.24) is 4.90 Å². The fraction of sp³-hybridized carbons (Fsp3) is 0.600. The minimum absolute atomic E-state index is 0.906. The first-order valence-electron chi connectivity index (χ1n) is 6.54. The van der Waals surface area contributed by atoms with Gasteiger partial charge in [-0.2, -0.15) is 0 Å². The minimum Gasteiger partial charge on any atom is -0.306 e. The Morgan fingerprint density at radius 1 is 1.06 bits per heavy atom. The molecule has 0 N–H and O–H groups in total. The maximum atomic E-state index is 2.44. The van der Waals surface area contributed by atoms with E-state index in [1.165, 1.54) is 43.5 Å². The molecule has 16 heavy (non-hydrogen) atoms. The number of likely N-dealkylation sites (tertiary alicyclic amines) is 1. The van der Waals surface area contributed by atoms with Gasteiger partial charge in [0.15, 0.2) is 0 Å². The molecule has 1 aromatic carbocycles. The Morgan fingerprint density at radius 2 is 1.62 bits per heavy atom. The SMILES string of the molecule is CCc1ccc(CC2CCN(C)CC2)cc1. The minimum atomic E-state index is 0.906. The summed E-state index contributed by atoms with van der Waals surface area (Å²) in [5, 5.41) is 0. The highest BCUT2D eigenvalue weighted by Crippen LogP contribution is 2.21. The molecule has 1 nitrogen and oxygen atoms in total. The lowest BCUT2D eigenvalue weighted by atomic mass is 9.90. The van der Waals surface area contributed by atoms with Gasteiger partial charge in [0.25, 0.3) is 0 Å². The average molecular weight is 217 g/mol. The van der Waals surface area contributed by atoms with Crippen LogP contribution in [0, 0.1) is 5.92 Å². The first kappa shape index (κ1) is 11.7. The van der Waals surface area contributed by atoms with Crippen LogP contribution in [0.3, 0.4) is 0 Å². The van der Waals surface area contributed by atoms with Gasteiger partial charge in [-0.15, -0.1) is 0 Å². The Kier molecular flexibility index (Phi) is 4.00. The van der Waals surface area contributed by atoms with E-state index < -0.39 is 0 Å². The summed E-state index contributed by atoms with van der Waals surface area (Å²) < 4.78 is 0. The van der Waals surface area contributed by atoms with Crippen LogP contribution in [0.15, 0.2) is 24.3 Å². The van der Waals surface area contributed by atoms with Crippen molar-refractivity contribution in [3.63, 3.8) is 0 Å². The molecule has 1 heteroatoms. The zero-order valence-electron chi connectivity index (χ0n) is 10.6. The lowest BCUT2D eigenvalue weighted by Crippen LogP contribution is -2.30. The quantitative estimate of drug-likeness (QED) is 0.752. The molecule has 1 heterocycles. The van der Waals surface area contributed by atoms with Gasteiger partial charge < -0.3 is 4.90 Å². The molecule has 0 amide bonds. The first-order chi connectivity index (χ1) is 7.78. The lowest BCUT2D eigenvalue weighted by Gasteiger charge is -2.28. The van der Waals surface area contributed by atoms with Crippen molar-refractivity contribution >= 4 is 0 Å². The molecule has 0 atom stereocenters. The third-order valence-corrected chi connectivity index (χ3v) is 3.79. The van der Waals surface area contributed by atoms with Gasteiger partial charge in [-0.05, 0) is 62.9 Å². The Bertz CT molecular complexity index is 307. The molecule has 1 saturated heterocycles. The van der Waals surface area contributed by atoms with E-state index in [-0.39, 0.29) is 0 Å². The molecule has 0 bridgehead atoms. The van der Waals surface area contributed by atoms with Crippen LogP contribution in [-0.4, -0.2) is 25.0 Å². The largest absolute Gasteiger partial charge is 0.306 e. The maximum Gasteiger partial charge on any atom is -0.00190 e. The van der Waals surface area contributed by atoms with Gasteiger partial charge in [0.2, 0.25) is 0 Å². The molecule has 1 aromatic rings. The summed E-state index contributed by atoms with van der Waals surface area (Å²) in [5.41, 5.74) is 2.97. The normalized spacial score (nSPS) is 18.9. The third kappa shape index (κ3) is 3.08. The summed E-state index contributed by atoms with van der Waals surface area (Å²) in [4.78, 5) is 2.44. The van der Waals surface area contributed by atoms with E-state index in [1.807, 2.05) is 0 Å². The molecule has 88 valence electrons. The van der Waals surface area contributed by atoms with Crippen molar-refractivity contribution in [3.05, 3.63) is 35.4 Å². The van der Waals surface area contributed by atoms with Crippen LogP contribution in [0.4, 0.5) is 0 Å². The van der Waals surface area contributed by atoms with Crippen LogP contribution >= 0.6 is 0 Å². The summed E-state index contributed by atoms with van der Waals surface area (Å²) in [6, 6.07) is 9.20. The number of hydrogen-bond acceptors (Lipinski definition) is 1. The summed E-state index contributed by atoms with van der Waals surface area (Å²) in [6.45, 7) is 4.77. The number of aryl methyl sites for hydroxylation is 1. The van der Waals surface area contributed by atoms with Crippen LogP contribution in [0.25, 0.3) is 0 Å². The number of nitrogens with zero attached hydrogens (tertiary/aromatic N) is 1. The zero-order valence-corrected chi connectivity index (χ0v) is 10.6. The second-order valence-electron chi connectivity index (χ2n) is 5.12.